The van der Waals surface area contributed by atoms with Crippen molar-refractivity contribution in [3.05, 3.63) is 0 Å². The van der Waals surface area contributed by atoms with Crippen LogP contribution in [0.2, 0.25) is 0 Å². The van der Waals surface area contributed by atoms with Gasteiger partial charge in [-0.1, -0.05) is 19.8 Å². The summed E-state index contributed by atoms with van der Waals surface area (Å²) in [6, 6.07) is 0. The van der Waals surface area contributed by atoms with Crippen LogP contribution in [0.5, 0.6) is 0 Å². The van der Waals surface area contributed by atoms with Crippen LogP contribution in [0.15, 0.2) is 0 Å². The molecule has 2 saturated heterocycles. The largest absolute Gasteiger partial charge is 0.355 e. The Morgan fingerprint density at radius 3 is 2.70 bits per heavy atom. The van der Waals surface area contributed by atoms with Crippen molar-refractivity contribution in [2.75, 3.05) is 19.8 Å². The number of unbranched alkanes of at least 4 members (excludes halogenated alkanes) is 3. The van der Waals surface area contributed by atoms with Gasteiger partial charge in [0.05, 0.1) is 12.7 Å². The van der Waals surface area contributed by atoms with Crippen molar-refractivity contribution in [1.82, 2.24) is 10.4 Å². The van der Waals surface area contributed by atoms with E-state index >= 15 is 0 Å². The van der Waals surface area contributed by atoms with Crippen LogP contribution in [0.4, 0.5) is 4.39 Å². The monoisotopic (exact) mass is 330 g/mol. The van der Waals surface area contributed by atoms with Crippen LogP contribution in [0.3, 0.4) is 0 Å². The van der Waals surface area contributed by atoms with Crippen molar-refractivity contribution < 1.29 is 23.6 Å². The number of amides is 2. The Morgan fingerprint density at radius 1 is 1.26 bits per heavy atom. The van der Waals surface area contributed by atoms with E-state index in [9.17, 15) is 14.0 Å². The van der Waals surface area contributed by atoms with E-state index in [2.05, 4.69) is 5.48 Å². The SMILES string of the molecule is CC1CC(=O)N(CCCCCCONC2CCC(CF)O2)C1=O. The summed E-state index contributed by atoms with van der Waals surface area (Å²) in [5.41, 5.74) is 2.81. The minimum Gasteiger partial charge on any atom is -0.355 e. The van der Waals surface area contributed by atoms with Crippen molar-refractivity contribution in [3.8, 4) is 0 Å². The average Bonchev–Trinajstić information content (AvgIpc) is 3.09. The molecule has 0 aromatic heterocycles. The quantitative estimate of drug-likeness (QED) is 0.377. The van der Waals surface area contributed by atoms with Gasteiger partial charge in [-0.15, -0.1) is 0 Å². The lowest BCUT2D eigenvalue weighted by molar-refractivity contribution is -0.139. The van der Waals surface area contributed by atoms with Gasteiger partial charge in [-0.25, -0.2) is 4.39 Å². The minimum atomic E-state index is -0.445. The molecule has 2 rings (SSSR count). The summed E-state index contributed by atoms with van der Waals surface area (Å²) < 4.78 is 17.7. The molecule has 0 bridgehead atoms. The number of imide groups is 1. The van der Waals surface area contributed by atoms with Gasteiger partial charge < -0.3 is 4.74 Å². The van der Waals surface area contributed by atoms with Crippen molar-refractivity contribution in [1.29, 1.82) is 0 Å². The summed E-state index contributed by atoms with van der Waals surface area (Å²) in [4.78, 5) is 30.1. The first-order chi connectivity index (χ1) is 11.1. The summed E-state index contributed by atoms with van der Waals surface area (Å²) in [6.07, 6.45) is 5.01. The highest BCUT2D eigenvalue weighted by Gasteiger charge is 2.34. The maximum absolute atomic E-state index is 12.4. The predicted octanol–water partition coefficient (Wildman–Crippen LogP) is 1.94. The zero-order valence-corrected chi connectivity index (χ0v) is 13.8. The van der Waals surface area contributed by atoms with E-state index < -0.39 is 6.67 Å². The first-order valence-electron chi connectivity index (χ1n) is 8.54. The van der Waals surface area contributed by atoms with Crippen LogP contribution in [0, 0.1) is 5.92 Å². The average molecular weight is 330 g/mol. The zero-order valence-electron chi connectivity index (χ0n) is 13.8. The summed E-state index contributed by atoms with van der Waals surface area (Å²) in [6.45, 7) is 2.45. The van der Waals surface area contributed by atoms with Gasteiger partial charge in [0, 0.05) is 18.9 Å². The minimum absolute atomic E-state index is 0.0364. The number of likely N-dealkylation sites (tertiary alicyclic amines) is 1. The van der Waals surface area contributed by atoms with Crippen molar-refractivity contribution in [2.45, 2.75) is 64.2 Å². The predicted molar refractivity (Wildman–Crippen MR) is 81.9 cm³/mol. The molecule has 1 N–H and O–H groups in total. The molecule has 0 saturated carbocycles. The highest BCUT2D eigenvalue weighted by molar-refractivity contribution is 6.03. The van der Waals surface area contributed by atoms with E-state index in [1.54, 1.807) is 6.92 Å². The van der Waals surface area contributed by atoms with Crippen LogP contribution in [-0.2, 0) is 19.2 Å². The van der Waals surface area contributed by atoms with Gasteiger partial charge in [0.1, 0.15) is 12.9 Å². The van der Waals surface area contributed by atoms with E-state index in [0.717, 1.165) is 38.5 Å². The molecule has 0 aromatic rings. The molecular formula is C16H27FN2O4. The van der Waals surface area contributed by atoms with Crippen LogP contribution in [0.1, 0.15) is 51.9 Å². The number of hydroxylamine groups is 1. The molecule has 3 unspecified atom stereocenters. The van der Waals surface area contributed by atoms with Gasteiger partial charge in [0.25, 0.3) is 0 Å². The van der Waals surface area contributed by atoms with Gasteiger partial charge in [0.2, 0.25) is 11.8 Å². The molecule has 7 heteroatoms. The molecule has 0 aromatic carbocycles. The Hall–Kier alpha value is -1.05. The molecule has 6 nitrogen and oxygen atoms in total. The Morgan fingerprint density at radius 2 is 2.04 bits per heavy atom. The van der Waals surface area contributed by atoms with Crippen molar-refractivity contribution in [3.63, 3.8) is 0 Å². The standard InChI is InChI=1S/C16H27FN2O4/c1-12-10-15(20)19(16(12)21)8-4-2-3-5-9-22-18-14-7-6-13(11-17)23-14/h12-14,18H,2-11H2,1H3. The van der Waals surface area contributed by atoms with E-state index in [-0.39, 0.29) is 30.1 Å². The number of nitrogens with zero attached hydrogens (tertiary/aromatic N) is 1. The summed E-state index contributed by atoms with van der Waals surface area (Å²) in [5, 5.41) is 0. The molecule has 0 spiro atoms. The van der Waals surface area contributed by atoms with Gasteiger partial charge in [-0.05, 0) is 25.7 Å². The van der Waals surface area contributed by atoms with Crippen LogP contribution >= 0.6 is 0 Å². The number of alkyl halides is 1. The summed E-state index contributed by atoms with van der Waals surface area (Å²) in [5.74, 6) is -0.236. The lowest BCUT2D eigenvalue weighted by Gasteiger charge is -2.14. The maximum Gasteiger partial charge on any atom is 0.232 e. The Kier molecular flexibility index (Phi) is 7.39. The van der Waals surface area contributed by atoms with Crippen LogP contribution in [-0.4, -0.2) is 48.9 Å². The first kappa shape index (κ1) is 18.3. The van der Waals surface area contributed by atoms with Gasteiger partial charge in [-0.2, -0.15) is 5.48 Å². The van der Waals surface area contributed by atoms with E-state index in [1.165, 1.54) is 4.90 Å². The van der Waals surface area contributed by atoms with E-state index in [0.29, 0.717) is 19.6 Å². The Bertz CT molecular complexity index is 408. The number of carbonyl (C=O) groups excluding carboxylic acids is 2. The summed E-state index contributed by atoms with van der Waals surface area (Å²) in [7, 11) is 0. The highest BCUT2D eigenvalue weighted by atomic mass is 19.1. The lowest BCUT2D eigenvalue weighted by atomic mass is 10.1. The molecule has 23 heavy (non-hydrogen) atoms. The fourth-order valence-electron chi connectivity index (χ4n) is 2.94. The second-order valence-electron chi connectivity index (χ2n) is 6.35. The fraction of sp³-hybridized carbons (Fsp3) is 0.875. The molecule has 2 amide bonds. The number of nitrogens with one attached hydrogen (secondary N) is 1. The third-order valence-electron chi connectivity index (χ3n) is 4.34. The van der Waals surface area contributed by atoms with Gasteiger partial charge in [0.15, 0.2) is 0 Å². The third-order valence-corrected chi connectivity index (χ3v) is 4.34. The molecule has 0 aliphatic carbocycles. The molecule has 2 heterocycles. The first-order valence-corrected chi connectivity index (χ1v) is 8.54. The Labute approximate surface area is 136 Å². The highest BCUT2D eigenvalue weighted by Crippen LogP contribution is 2.19. The van der Waals surface area contributed by atoms with Gasteiger partial charge >= 0.3 is 0 Å². The van der Waals surface area contributed by atoms with Crippen LogP contribution < -0.4 is 5.48 Å². The number of hydrogen-bond donors (Lipinski definition) is 1. The molecule has 132 valence electrons. The second kappa shape index (κ2) is 9.30. The lowest BCUT2D eigenvalue weighted by Crippen LogP contribution is -2.31. The number of hydrogen-bond acceptors (Lipinski definition) is 5. The smallest absolute Gasteiger partial charge is 0.232 e. The normalized spacial score (nSPS) is 28.1. The number of carbonyl (C=O) groups is 2. The number of halogens is 1. The summed E-state index contributed by atoms with van der Waals surface area (Å²) >= 11 is 0. The Balaban J connectivity index is 1.43. The number of rotatable bonds is 10. The third kappa shape index (κ3) is 5.51. The molecule has 2 aliphatic rings. The van der Waals surface area contributed by atoms with Crippen molar-refractivity contribution >= 4 is 11.8 Å². The van der Waals surface area contributed by atoms with E-state index in [1.807, 2.05) is 0 Å². The molecule has 0 radical (unpaired) electrons. The molecule has 2 aliphatic heterocycles. The van der Waals surface area contributed by atoms with E-state index in [4.69, 9.17) is 9.57 Å². The topological polar surface area (TPSA) is 67.9 Å². The van der Waals surface area contributed by atoms with Gasteiger partial charge in [-0.3, -0.25) is 19.3 Å². The fourth-order valence-corrected chi connectivity index (χ4v) is 2.94. The molecule has 3 atom stereocenters. The number of ether oxygens (including phenoxy) is 1. The second-order valence-corrected chi connectivity index (χ2v) is 6.35. The van der Waals surface area contributed by atoms with Crippen LogP contribution in [0.25, 0.3) is 0 Å². The zero-order chi connectivity index (χ0) is 16.7. The molecular weight excluding hydrogens is 303 g/mol. The maximum atomic E-state index is 12.4. The van der Waals surface area contributed by atoms with Crippen molar-refractivity contribution in [2.24, 2.45) is 5.92 Å². The molecule has 2 fully saturated rings.